The summed E-state index contributed by atoms with van der Waals surface area (Å²) in [6, 6.07) is 14.7. The summed E-state index contributed by atoms with van der Waals surface area (Å²) in [5.41, 5.74) is -5.98. The van der Waals surface area contributed by atoms with E-state index in [2.05, 4.69) is 9.50 Å². The number of para-hydroxylation sites is 1. The molecule has 0 aliphatic carbocycles. The van der Waals surface area contributed by atoms with Gasteiger partial charge < -0.3 is 19.0 Å². The van der Waals surface area contributed by atoms with Gasteiger partial charge in [0.05, 0.1) is 6.04 Å². The number of fused-ring (bicyclic) bond motifs is 1. The fourth-order valence-corrected chi connectivity index (χ4v) is 4.47. The number of ether oxygens (including phenoxy) is 2. The number of carbonyl (C=O) groups excluding carboxylic acids is 3. The van der Waals surface area contributed by atoms with E-state index < -0.39 is 70.0 Å². The van der Waals surface area contributed by atoms with Crippen LogP contribution >= 0.6 is 0 Å². The lowest BCUT2D eigenvalue weighted by molar-refractivity contribution is -0.159. The Labute approximate surface area is 215 Å². The van der Waals surface area contributed by atoms with Crippen LogP contribution in [0.5, 0.6) is 5.75 Å². The Kier molecular flexibility index (Phi) is 7.62. The Hall–Kier alpha value is -4.07. The molecule has 0 spiro atoms. The molecule has 4 rings (SSSR count). The molecule has 0 radical (unpaired) electrons. The number of rotatable bonds is 9. The lowest BCUT2D eigenvalue weighted by Gasteiger charge is -2.49. The molecule has 2 aliphatic heterocycles. The number of halogens is 3. The summed E-state index contributed by atoms with van der Waals surface area (Å²) in [5.74, 6) is -3.20. The Morgan fingerprint density at radius 1 is 1.03 bits per heavy atom. The summed E-state index contributed by atoms with van der Waals surface area (Å²) >= 11 is 0. The Morgan fingerprint density at radius 2 is 1.66 bits per heavy atom. The van der Waals surface area contributed by atoms with Gasteiger partial charge in [-0.15, -0.1) is 0 Å². The lowest BCUT2D eigenvalue weighted by Crippen LogP contribution is -2.72. The average molecular weight is 554 g/mol. The predicted molar refractivity (Wildman–Crippen MR) is 123 cm³/mol. The summed E-state index contributed by atoms with van der Waals surface area (Å²) in [5, 5.41) is 2.47. The largest absolute Gasteiger partial charge is 0.534 e. The molecule has 14 heteroatoms. The van der Waals surface area contributed by atoms with Gasteiger partial charge in [-0.3, -0.25) is 14.5 Å². The van der Waals surface area contributed by atoms with Crippen LogP contribution < -0.4 is 10.1 Å². The van der Waals surface area contributed by atoms with Crippen molar-refractivity contribution in [3.05, 3.63) is 77.7 Å². The van der Waals surface area contributed by atoms with E-state index in [1.165, 1.54) is 0 Å². The summed E-state index contributed by atoms with van der Waals surface area (Å²) in [6.45, 7) is -0.716. The van der Waals surface area contributed by atoms with Crippen molar-refractivity contribution < 1.29 is 49.6 Å². The molecular weight excluding hydrogens is 533 g/mol. The zero-order valence-electron chi connectivity index (χ0n) is 19.5. The molecule has 2 atom stereocenters. The van der Waals surface area contributed by atoms with Crippen LogP contribution in [0.4, 0.5) is 13.2 Å². The number of amides is 2. The van der Waals surface area contributed by atoms with Gasteiger partial charge >= 0.3 is 21.6 Å². The molecule has 1 fully saturated rings. The van der Waals surface area contributed by atoms with Gasteiger partial charge in [0.25, 0.3) is 11.8 Å². The molecule has 1 saturated heterocycles. The summed E-state index contributed by atoms with van der Waals surface area (Å²) in [4.78, 5) is 38.9. The SMILES string of the molecule is O=C(COc1ccccc1)NC1C(=O)N2C(C(=O)OCc3ccccc3)=C(OS(=O)(=O)C(F)(F)F)CC[C@@H]12. The van der Waals surface area contributed by atoms with Crippen LogP contribution in [-0.4, -0.2) is 55.3 Å². The highest BCUT2D eigenvalue weighted by atomic mass is 32.2. The van der Waals surface area contributed by atoms with Crippen LogP contribution in [-0.2, 0) is 40.0 Å². The van der Waals surface area contributed by atoms with Crippen molar-refractivity contribution in [2.75, 3.05) is 6.61 Å². The van der Waals surface area contributed by atoms with Crippen LogP contribution in [0.3, 0.4) is 0 Å². The highest BCUT2D eigenvalue weighted by Gasteiger charge is 2.56. The molecule has 2 heterocycles. The van der Waals surface area contributed by atoms with E-state index in [-0.39, 0.29) is 13.0 Å². The minimum atomic E-state index is -6.12. The minimum Gasteiger partial charge on any atom is -0.484 e. The Balaban J connectivity index is 1.51. The van der Waals surface area contributed by atoms with Crippen molar-refractivity contribution in [3.8, 4) is 5.75 Å². The zero-order valence-corrected chi connectivity index (χ0v) is 20.3. The first-order valence-electron chi connectivity index (χ1n) is 11.2. The second-order valence-electron chi connectivity index (χ2n) is 8.28. The average Bonchev–Trinajstić information content (AvgIpc) is 2.89. The van der Waals surface area contributed by atoms with Gasteiger partial charge in [-0.25, -0.2) is 4.79 Å². The van der Waals surface area contributed by atoms with E-state index in [0.717, 1.165) is 4.90 Å². The fraction of sp³-hybridized carbons (Fsp3) is 0.292. The Bertz CT molecular complexity index is 1350. The molecule has 2 aromatic carbocycles. The molecular formula is C24H21F3N2O8S. The van der Waals surface area contributed by atoms with Crippen molar-refractivity contribution in [1.29, 1.82) is 0 Å². The second-order valence-corrected chi connectivity index (χ2v) is 9.82. The maximum absolute atomic E-state index is 13.0. The smallest absolute Gasteiger partial charge is 0.484 e. The van der Waals surface area contributed by atoms with Gasteiger partial charge in [0.15, 0.2) is 18.1 Å². The number of esters is 1. The van der Waals surface area contributed by atoms with Crippen molar-refractivity contribution in [1.82, 2.24) is 10.2 Å². The standard InChI is InChI=1S/C24H21F3N2O8S/c25-24(26,27)38(33,34)37-18-12-11-17-20(28-19(30)14-35-16-9-5-2-6-10-16)22(31)29(17)21(18)23(32)36-13-15-7-3-1-4-8-15/h1-10,17,20H,11-14H2,(H,28,30)/t17-,20?/m0/s1. The molecule has 0 aromatic heterocycles. The molecule has 10 nitrogen and oxygen atoms in total. The van der Waals surface area contributed by atoms with Gasteiger partial charge in [0.2, 0.25) is 0 Å². The van der Waals surface area contributed by atoms with Crippen molar-refractivity contribution in [2.45, 2.75) is 37.0 Å². The van der Waals surface area contributed by atoms with Crippen LogP contribution in [0.15, 0.2) is 72.1 Å². The zero-order chi connectivity index (χ0) is 27.5. The topological polar surface area (TPSA) is 128 Å². The number of benzene rings is 2. The fourth-order valence-electron chi connectivity index (χ4n) is 3.95. The van der Waals surface area contributed by atoms with Crippen LogP contribution in [0, 0.1) is 0 Å². The van der Waals surface area contributed by atoms with E-state index in [4.69, 9.17) is 9.47 Å². The number of allylic oxidation sites excluding steroid dienone is 1. The number of hydrogen-bond acceptors (Lipinski definition) is 8. The van der Waals surface area contributed by atoms with Crippen LogP contribution in [0.1, 0.15) is 18.4 Å². The highest BCUT2D eigenvalue weighted by molar-refractivity contribution is 7.87. The first kappa shape index (κ1) is 27.0. The molecule has 1 unspecified atom stereocenters. The summed E-state index contributed by atoms with van der Waals surface area (Å²) < 4.78 is 76.9. The van der Waals surface area contributed by atoms with Crippen molar-refractivity contribution >= 4 is 27.9 Å². The molecule has 0 bridgehead atoms. The second kappa shape index (κ2) is 10.7. The maximum atomic E-state index is 13.0. The van der Waals surface area contributed by atoms with Gasteiger partial charge in [0.1, 0.15) is 18.4 Å². The monoisotopic (exact) mass is 554 g/mol. The van der Waals surface area contributed by atoms with Gasteiger partial charge in [0, 0.05) is 6.42 Å². The van der Waals surface area contributed by atoms with E-state index in [1.54, 1.807) is 60.7 Å². The van der Waals surface area contributed by atoms with Crippen molar-refractivity contribution in [2.24, 2.45) is 0 Å². The molecule has 0 saturated carbocycles. The number of carbonyl (C=O) groups is 3. The van der Waals surface area contributed by atoms with Crippen LogP contribution in [0.2, 0.25) is 0 Å². The normalized spacial score (nSPS) is 19.2. The highest BCUT2D eigenvalue weighted by Crippen LogP contribution is 2.39. The van der Waals surface area contributed by atoms with E-state index in [1.807, 2.05) is 0 Å². The van der Waals surface area contributed by atoms with E-state index in [0.29, 0.717) is 11.3 Å². The number of β-lactam (4-membered cyclic amide) rings is 1. The molecule has 1 N–H and O–H groups in total. The predicted octanol–water partition coefficient (Wildman–Crippen LogP) is 2.38. The van der Waals surface area contributed by atoms with E-state index in [9.17, 15) is 36.0 Å². The Morgan fingerprint density at radius 3 is 2.29 bits per heavy atom. The first-order chi connectivity index (χ1) is 18.0. The quantitative estimate of drug-likeness (QED) is 0.217. The number of nitrogens with zero attached hydrogens (tertiary/aromatic N) is 1. The number of nitrogens with one attached hydrogen (secondary N) is 1. The maximum Gasteiger partial charge on any atom is 0.534 e. The third-order valence-electron chi connectivity index (χ3n) is 5.72. The number of hydrogen-bond donors (Lipinski definition) is 1. The molecule has 38 heavy (non-hydrogen) atoms. The van der Waals surface area contributed by atoms with E-state index >= 15 is 0 Å². The molecule has 2 aliphatic rings. The molecule has 202 valence electrons. The molecule has 2 amide bonds. The molecule has 2 aromatic rings. The van der Waals surface area contributed by atoms with Crippen molar-refractivity contribution in [3.63, 3.8) is 0 Å². The third-order valence-corrected chi connectivity index (χ3v) is 6.71. The van der Waals surface area contributed by atoms with Gasteiger partial charge in [-0.05, 0) is 24.1 Å². The minimum absolute atomic E-state index is 0.0889. The summed E-state index contributed by atoms with van der Waals surface area (Å²) in [7, 11) is -6.12. The first-order valence-corrected chi connectivity index (χ1v) is 12.6. The third kappa shape index (κ3) is 5.74. The number of alkyl halides is 3. The summed E-state index contributed by atoms with van der Waals surface area (Å²) in [6.07, 6.45) is -0.527. The lowest BCUT2D eigenvalue weighted by atomic mass is 9.86. The van der Waals surface area contributed by atoms with Gasteiger partial charge in [-0.1, -0.05) is 48.5 Å². The van der Waals surface area contributed by atoms with Crippen LogP contribution in [0.25, 0.3) is 0 Å². The van der Waals surface area contributed by atoms with Gasteiger partial charge in [-0.2, -0.15) is 21.6 Å².